The van der Waals surface area contributed by atoms with Gasteiger partial charge in [0.15, 0.2) is 0 Å². The van der Waals surface area contributed by atoms with E-state index in [9.17, 15) is 9.18 Å². The molecule has 0 fully saturated rings. The van der Waals surface area contributed by atoms with Crippen LogP contribution in [0.4, 0.5) is 10.1 Å². The number of pyridine rings is 1. The monoisotopic (exact) mass is 264 g/mol. The lowest BCUT2D eigenvalue weighted by Crippen LogP contribution is -2.03. The molecule has 2 rings (SSSR count). The van der Waals surface area contributed by atoms with Gasteiger partial charge in [0.1, 0.15) is 16.5 Å². The molecule has 92 valence electrons. The molecule has 0 aliphatic carbocycles. The van der Waals surface area contributed by atoms with Gasteiger partial charge in [-0.2, -0.15) is 0 Å². The summed E-state index contributed by atoms with van der Waals surface area (Å²) in [5, 5.41) is 9.11. The fourth-order valence-electron chi connectivity index (χ4n) is 1.28. The summed E-state index contributed by atoms with van der Waals surface area (Å²) in [5.74, 6) is -1.55. The third-order valence-corrected chi connectivity index (χ3v) is 3.22. The Kier molecular flexibility index (Phi) is 3.47. The molecule has 0 aliphatic rings. The quantitative estimate of drug-likeness (QED) is 0.891. The zero-order valence-corrected chi connectivity index (χ0v) is 9.95. The summed E-state index contributed by atoms with van der Waals surface area (Å²) in [4.78, 5) is 15.0. The second kappa shape index (κ2) is 5.05. The molecule has 0 spiro atoms. The minimum Gasteiger partial charge on any atom is -0.477 e. The van der Waals surface area contributed by atoms with E-state index in [0.717, 1.165) is 11.8 Å². The van der Waals surface area contributed by atoms with Gasteiger partial charge < -0.3 is 10.8 Å². The van der Waals surface area contributed by atoms with Gasteiger partial charge in [-0.25, -0.2) is 14.2 Å². The van der Waals surface area contributed by atoms with Crippen LogP contribution in [0.2, 0.25) is 0 Å². The minimum absolute atomic E-state index is 0.122. The number of nitrogens with two attached hydrogens (primary N) is 1. The van der Waals surface area contributed by atoms with Crippen LogP contribution >= 0.6 is 11.8 Å². The first kappa shape index (κ1) is 12.4. The van der Waals surface area contributed by atoms with Gasteiger partial charge in [-0.1, -0.05) is 23.9 Å². The van der Waals surface area contributed by atoms with Crippen molar-refractivity contribution in [2.45, 2.75) is 9.92 Å². The molecule has 1 aromatic carbocycles. The average Bonchev–Trinajstić information content (AvgIpc) is 2.34. The third kappa shape index (κ3) is 2.60. The molecular formula is C12H9FN2O2S. The first-order valence-corrected chi connectivity index (χ1v) is 5.82. The zero-order valence-electron chi connectivity index (χ0n) is 9.13. The van der Waals surface area contributed by atoms with Crippen LogP contribution in [0.15, 0.2) is 46.3 Å². The first-order valence-electron chi connectivity index (χ1n) is 5.00. The van der Waals surface area contributed by atoms with Gasteiger partial charge in [0.25, 0.3) is 0 Å². The first-order chi connectivity index (χ1) is 8.58. The van der Waals surface area contributed by atoms with Crippen molar-refractivity contribution in [1.29, 1.82) is 0 Å². The number of rotatable bonds is 3. The molecule has 0 saturated heterocycles. The van der Waals surface area contributed by atoms with Crippen molar-refractivity contribution >= 4 is 23.4 Å². The number of halogens is 1. The molecule has 6 heteroatoms. The molecule has 4 nitrogen and oxygen atoms in total. The number of carbonyl (C=O) groups is 1. The summed E-state index contributed by atoms with van der Waals surface area (Å²) in [7, 11) is 0. The summed E-state index contributed by atoms with van der Waals surface area (Å²) in [6.45, 7) is 0. The van der Waals surface area contributed by atoms with Crippen molar-refractivity contribution in [3.63, 3.8) is 0 Å². The predicted molar refractivity (Wildman–Crippen MR) is 66.1 cm³/mol. The van der Waals surface area contributed by atoms with Gasteiger partial charge in [0, 0.05) is 4.90 Å². The summed E-state index contributed by atoms with van der Waals surface area (Å²) >= 11 is 0.998. The number of hydrogen-bond acceptors (Lipinski definition) is 4. The van der Waals surface area contributed by atoms with Crippen molar-refractivity contribution in [2.75, 3.05) is 5.73 Å². The number of nitrogens with zero attached hydrogens (tertiary/aromatic N) is 1. The maximum absolute atomic E-state index is 13.5. The van der Waals surface area contributed by atoms with Gasteiger partial charge in [-0.3, -0.25) is 0 Å². The maximum Gasteiger partial charge on any atom is 0.354 e. The van der Waals surface area contributed by atoms with Gasteiger partial charge in [-0.05, 0) is 24.3 Å². The zero-order chi connectivity index (χ0) is 13.1. The number of aromatic carboxylic acids is 1. The van der Waals surface area contributed by atoms with Crippen LogP contribution in [-0.4, -0.2) is 16.1 Å². The molecule has 18 heavy (non-hydrogen) atoms. The fourth-order valence-corrected chi connectivity index (χ4v) is 2.13. The Morgan fingerprint density at radius 2 is 2.00 bits per heavy atom. The minimum atomic E-state index is -1.15. The number of carboxylic acid groups (broad SMARTS) is 1. The van der Waals surface area contributed by atoms with Gasteiger partial charge >= 0.3 is 5.97 Å². The Balaban J connectivity index is 2.37. The van der Waals surface area contributed by atoms with E-state index in [-0.39, 0.29) is 10.7 Å². The van der Waals surface area contributed by atoms with Crippen molar-refractivity contribution in [3.05, 3.63) is 47.9 Å². The Morgan fingerprint density at radius 3 is 2.67 bits per heavy atom. The molecule has 0 amide bonds. The Labute approximate surface area is 107 Å². The molecule has 0 atom stereocenters. The number of benzene rings is 1. The molecule has 2 aromatic rings. The number of hydrogen-bond donors (Lipinski definition) is 2. The predicted octanol–water partition coefficient (Wildman–Crippen LogP) is 2.65. The van der Waals surface area contributed by atoms with Crippen molar-refractivity contribution in [2.24, 2.45) is 0 Å². The van der Waals surface area contributed by atoms with Crippen LogP contribution < -0.4 is 5.73 Å². The molecule has 0 aliphatic heterocycles. The van der Waals surface area contributed by atoms with Crippen LogP contribution in [0.3, 0.4) is 0 Å². The lowest BCUT2D eigenvalue weighted by atomic mass is 10.3. The van der Waals surface area contributed by atoms with E-state index in [0.29, 0.717) is 10.6 Å². The van der Waals surface area contributed by atoms with Gasteiger partial charge in [0.2, 0.25) is 0 Å². The second-order valence-electron chi connectivity index (χ2n) is 3.43. The standard InChI is InChI=1S/C12H9FN2O2S/c13-7-3-1-2-4-10(7)18-11-8(14)5-6-9(15-11)12(16)17/h1-6H,14H2,(H,16,17). The summed E-state index contributed by atoms with van der Waals surface area (Å²) < 4.78 is 13.5. The number of aromatic nitrogens is 1. The fraction of sp³-hybridized carbons (Fsp3) is 0. The van der Waals surface area contributed by atoms with Crippen molar-refractivity contribution in [3.8, 4) is 0 Å². The van der Waals surface area contributed by atoms with E-state index >= 15 is 0 Å². The molecule has 1 aromatic heterocycles. The van der Waals surface area contributed by atoms with E-state index in [1.807, 2.05) is 0 Å². The van der Waals surface area contributed by atoms with Crippen LogP contribution in [0.5, 0.6) is 0 Å². The molecule has 0 saturated carbocycles. The summed E-state index contributed by atoms with van der Waals surface area (Å²) in [6.07, 6.45) is 0. The molecular weight excluding hydrogens is 255 g/mol. The van der Waals surface area contributed by atoms with Crippen LogP contribution in [0.1, 0.15) is 10.5 Å². The Hall–Kier alpha value is -2.08. The van der Waals surface area contributed by atoms with E-state index in [1.54, 1.807) is 18.2 Å². The van der Waals surface area contributed by atoms with Gasteiger partial charge in [-0.15, -0.1) is 0 Å². The third-order valence-electron chi connectivity index (χ3n) is 2.15. The smallest absolute Gasteiger partial charge is 0.354 e. The molecule has 1 heterocycles. The number of nitrogen functional groups attached to an aromatic ring is 1. The lowest BCUT2D eigenvalue weighted by Gasteiger charge is -2.06. The van der Waals surface area contributed by atoms with Crippen LogP contribution in [0.25, 0.3) is 0 Å². The number of carboxylic acids is 1. The Morgan fingerprint density at radius 1 is 1.28 bits per heavy atom. The van der Waals surface area contributed by atoms with Crippen LogP contribution in [-0.2, 0) is 0 Å². The highest BCUT2D eigenvalue weighted by molar-refractivity contribution is 7.99. The van der Waals surface area contributed by atoms with E-state index < -0.39 is 11.8 Å². The molecule has 3 N–H and O–H groups in total. The van der Waals surface area contributed by atoms with Crippen LogP contribution in [0, 0.1) is 5.82 Å². The SMILES string of the molecule is Nc1ccc(C(=O)O)nc1Sc1ccccc1F. The molecule has 0 radical (unpaired) electrons. The van der Waals surface area contributed by atoms with E-state index in [4.69, 9.17) is 10.8 Å². The highest BCUT2D eigenvalue weighted by Gasteiger charge is 2.11. The average molecular weight is 264 g/mol. The topological polar surface area (TPSA) is 76.2 Å². The van der Waals surface area contributed by atoms with E-state index in [2.05, 4.69) is 4.98 Å². The number of anilines is 1. The Bertz CT molecular complexity index is 604. The van der Waals surface area contributed by atoms with Crippen molar-refractivity contribution < 1.29 is 14.3 Å². The molecule has 0 unspecified atom stereocenters. The lowest BCUT2D eigenvalue weighted by molar-refractivity contribution is 0.0690. The normalized spacial score (nSPS) is 10.3. The summed E-state index contributed by atoms with van der Waals surface area (Å²) in [5.41, 5.74) is 5.88. The molecule has 0 bridgehead atoms. The largest absolute Gasteiger partial charge is 0.477 e. The van der Waals surface area contributed by atoms with Crippen molar-refractivity contribution in [1.82, 2.24) is 4.98 Å². The highest BCUT2D eigenvalue weighted by Crippen LogP contribution is 2.32. The van der Waals surface area contributed by atoms with Gasteiger partial charge in [0.05, 0.1) is 5.69 Å². The maximum atomic E-state index is 13.5. The summed E-state index contributed by atoms with van der Waals surface area (Å²) in [6, 6.07) is 8.91. The van der Waals surface area contributed by atoms with E-state index in [1.165, 1.54) is 18.2 Å². The second-order valence-corrected chi connectivity index (χ2v) is 4.46. The highest BCUT2D eigenvalue weighted by atomic mass is 32.2.